The van der Waals surface area contributed by atoms with Gasteiger partial charge in [0.1, 0.15) is 0 Å². The average Bonchev–Trinajstić information content (AvgIpc) is 2.53. The molecule has 0 aliphatic heterocycles. The molecule has 2 N–H and O–H groups in total. The average molecular weight is 298 g/mol. The van der Waals surface area contributed by atoms with Crippen LogP contribution in [0.25, 0.3) is 0 Å². The Bertz CT molecular complexity index is 721. The number of hydrogen-bond acceptors (Lipinski definition) is 4. The van der Waals surface area contributed by atoms with Crippen LogP contribution in [0.5, 0.6) is 0 Å². The fourth-order valence-electron chi connectivity index (χ4n) is 2.96. The zero-order chi connectivity index (χ0) is 15.5. The van der Waals surface area contributed by atoms with E-state index in [-0.39, 0.29) is 5.56 Å². The monoisotopic (exact) mass is 298 g/mol. The summed E-state index contributed by atoms with van der Waals surface area (Å²) in [6.45, 7) is 0.635. The van der Waals surface area contributed by atoms with Gasteiger partial charge in [-0.25, -0.2) is 4.98 Å². The van der Waals surface area contributed by atoms with Gasteiger partial charge in [0.25, 0.3) is 5.56 Å². The minimum atomic E-state index is 0.00750. The first-order chi connectivity index (χ1) is 10.6. The van der Waals surface area contributed by atoms with Gasteiger partial charge in [0.05, 0.1) is 5.69 Å². The summed E-state index contributed by atoms with van der Waals surface area (Å²) in [6, 6.07) is 8.21. The van der Waals surface area contributed by atoms with E-state index in [0.29, 0.717) is 12.5 Å². The van der Waals surface area contributed by atoms with Crippen molar-refractivity contribution >= 4 is 11.6 Å². The van der Waals surface area contributed by atoms with Crippen molar-refractivity contribution < 1.29 is 0 Å². The smallest absolute Gasteiger partial charge is 0.255 e. The predicted octanol–water partition coefficient (Wildman–Crippen LogP) is 2.33. The Balaban J connectivity index is 1.80. The molecule has 116 valence electrons. The molecule has 0 saturated heterocycles. The van der Waals surface area contributed by atoms with Gasteiger partial charge in [0.2, 0.25) is 5.95 Å². The molecule has 5 nitrogen and oxygen atoms in total. The number of aromatic amines is 1. The van der Waals surface area contributed by atoms with E-state index >= 15 is 0 Å². The summed E-state index contributed by atoms with van der Waals surface area (Å²) in [4.78, 5) is 21.7. The molecule has 0 fully saturated rings. The van der Waals surface area contributed by atoms with Crippen molar-refractivity contribution in [3.8, 4) is 0 Å². The number of aromatic nitrogens is 2. The van der Waals surface area contributed by atoms with Crippen molar-refractivity contribution in [1.29, 1.82) is 0 Å². The van der Waals surface area contributed by atoms with Crippen LogP contribution in [0.2, 0.25) is 0 Å². The molecule has 2 aromatic rings. The lowest BCUT2D eigenvalue weighted by Gasteiger charge is -2.18. The molecule has 5 heteroatoms. The zero-order valence-electron chi connectivity index (χ0n) is 13.1. The van der Waals surface area contributed by atoms with E-state index in [9.17, 15) is 4.79 Å². The first kappa shape index (κ1) is 14.6. The molecule has 0 radical (unpaired) electrons. The molecule has 0 amide bonds. The highest BCUT2D eigenvalue weighted by atomic mass is 16.1. The van der Waals surface area contributed by atoms with Crippen LogP contribution in [0.1, 0.15) is 29.7 Å². The van der Waals surface area contributed by atoms with Gasteiger partial charge in [-0.15, -0.1) is 0 Å². The third kappa shape index (κ3) is 2.98. The van der Waals surface area contributed by atoms with Crippen LogP contribution in [0.3, 0.4) is 0 Å². The van der Waals surface area contributed by atoms with Gasteiger partial charge >= 0.3 is 0 Å². The van der Waals surface area contributed by atoms with Crippen molar-refractivity contribution in [2.24, 2.45) is 0 Å². The summed E-state index contributed by atoms with van der Waals surface area (Å²) in [7, 11) is 4.05. The Morgan fingerprint density at radius 1 is 1.23 bits per heavy atom. The fourth-order valence-corrected chi connectivity index (χ4v) is 2.96. The lowest BCUT2D eigenvalue weighted by Crippen LogP contribution is -2.23. The number of anilines is 2. The van der Waals surface area contributed by atoms with Crippen molar-refractivity contribution in [3.05, 3.63) is 51.4 Å². The van der Waals surface area contributed by atoms with Gasteiger partial charge < -0.3 is 10.2 Å². The van der Waals surface area contributed by atoms with Crippen LogP contribution in [-0.4, -0.2) is 24.1 Å². The predicted molar refractivity (Wildman–Crippen MR) is 89.6 cm³/mol. The Morgan fingerprint density at radius 2 is 2.00 bits per heavy atom. The molecule has 1 aliphatic carbocycles. The van der Waals surface area contributed by atoms with Crippen LogP contribution in [0.15, 0.2) is 29.1 Å². The molecule has 22 heavy (non-hydrogen) atoms. The van der Waals surface area contributed by atoms with Crippen molar-refractivity contribution in [1.82, 2.24) is 9.97 Å². The largest absolute Gasteiger partial charge is 0.377 e. The number of hydrogen-bond donors (Lipinski definition) is 2. The lowest BCUT2D eigenvalue weighted by atomic mass is 9.97. The summed E-state index contributed by atoms with van der Waals surface area (Å²) < 4.78 is 0. The van der Waals surface area contributed by atoms with Crippen molar-refractivity contribution in [2.45, 2.75) is 32.2 Å². The van der Waals surface area contributed by atoms with Gasteiger partial charge in [0, 0.05) is 31.9 Å². The van der Waals surface area contributed by atoms with E-state index in [1.54, 1.807) is 0 Å². The SMILES string of the molecule is CN(C)c1ccccc1CNc1nc2c(c(=O)[nH]1)CCCC2. The van der Waals surface area contributed by atoms with E-state index in [0.717, 1.165) is 42.6 Å². The number of aryl methyl sites for hydroxylation is 1. The second-order valence-electron chi connectivity index (χ2n) is 5.92. The number of para-hydroxylation sites is 1. The summed E-state index contributed by atoms with van der Waals surface area (Å²) >= 11 is 0. The minimum Gasteiger partial charge on any atom is -0.377 e. The van der Waals surface area contributed by atoms with Crippen LogP contribution >= 0.6 is 0 Å². The van der Waals surface area contributed by atoms with Crippen LogP contribution in [-0.2, 0) is 19.4 Å². The molecule has 1 aromatic heterocycles. The van der Waals surface area contributed by atoms with Gasteiger partial charge in [-0.2, -0.15) is 0 Å². The fraction of sp³-hybridized carbons (Fsp3) is 0.412. The second-order valence-corrected chi connectivity index (χ2v) is 5.92. The molecule has 0 unspecified atom stereocenters. The third-order valence-corrected chi connectivity index (χ3v) is 4.11. The van der Waals surface area contributed by atoms with E-state index in [1.165, 1.54) is 5.56 Å². The Hall–Kier alpha value is -2.30. The van der Waals surface area contributed by atoms with E-state index in [2.05, 4.69) is 32.3 Å². The molecule has 0 saturated carbocycles. The first-order valence-electron chi connectivity index (χ1n) is 7.76. The minimum absolute atomic E-state index is 0.00750. The van der Waals surface area contributed by atoms with Gasteiger partial charge in [-0.05, 0) is 37.3 Å². The molecule has 1 aromatic carbocycles. The van der Waals surface area contributed by atoms with Crippen LogP contribution in [0, 0.1) is 0 Å². The van der Waals surface area contributed by atoms with Crippen LogP contribution < -0.4 is 15.8 Å². The van der Waals surface area contributed by atoms with E-state index in [4.69, 9.17) is 0 Å². The number of rotatable bonds is 4. The highest BCUT2D eigenvalue weighted by molar-refractivity contribution is 5.53. The van der Waals surface area contributed by atoms with Crippen molar-refractivity contribution in [3.63, 3.8) is 0 Å². The molecule has 0 bridgehead atoms. The molecular weight excluding hydrogens is 276 g/mol. The van der Waals surface area contributed by atoms with Crippen molar-refractivity contribution in [2.75, 3.05) is 24.3 Å². The quantitative estimate of drug-likeness (QED) is 0.909. The highest BCUT2D eigenvalue weighted by Crippen LogP contribution is 2.20. The maximum Gasteiger partial charge on any atom is 0.255 e. The molecule has 1 heterocycles. The van der Waals surface area contributed by atoms with Gasteiger partial charge in [0.15, 0.2) is 0 Å². The maximum absolute atomic E-state index is 12.1. The number of nitrogens with zero attached hydrogens (tertiary/aromatic N) is 2. The van der Waals surface area contributed by atoms with E-state index < -0.39 is 0 Å². The Labute approximate surface area is 130 Å². The first-order valence-corrected chi connectivity index (χ1v) is 7.76. The topological polar surface area (TPSA) is 61.0 Å². The molecular formula is C17H22N4O. The Kier molecular flexibility index (Phi) is 4.13. The van der Waals surface area contributed by atoms with E-state index in [1.807, 2.05) is 26.2 Å². The summed E-state index contributed by atoms with van der Waals surface area (Å²) in [6.07, 6.45) is 3.96. The third-order valence-electron chi connectivity index (χ3n) is 4.11. The molecule has 1 aliphatic rings. The number of fused-ring (bicyclic) bond motifs is 1. The summed E-state index contributed by atoms with van der Waals surface area (Å²) in [5, 5.41) is 3.25. The zero-order valence-corrected chi connectivity index (χ0v) is 13.1. The summed E-state index contributed by atoms with van der Waals surface area (Å²) in [5.74, 6) is 0.569. The number of H-pyrrole nitrogens is 1. The van der Waals surface area contributed by atoms with Gasteiger partial charge in [-0.1, -0.05) is 18.2 Å². The second kappa shape index (κ2) is 6.22. The lowest BCUT2D eigenvalue weighted by molar-refractivity contribution is 0.657. The Morgan fingerprint density at radius 3 is 2.82 bits per heavy atom. The maximum atomic E-state index is 12.1. The summed E-state index contributed by atoms with van der Waals surface area (Å²) in [5.41, 5.74) is 4.17. The van der Waals surface area contributed by atoms with Gasteiger partial charge in [-0.3, -0.25) is 9.78 Å². The molecule has 3 rings (SSSR count). The normalized spacial score (nSPS) is 13.5. The standard InChI is InChI=1S/C17H22N4O/c1-21(2)15-10-6-3-7-12(15)11-18-17-19-14-9-5-4-8-13(14)16(22)20-17/h3,6-7,10H,4-5,8-9,11H2,1-2H3,(H2,18,19,20,22). The highest BCUT2D eigenvalue weighted by Gasteiger charge is 2.15. The number of nitrogens with one attached hydrogen (secondary N) is 2. The molecule has 0 atom stereocenters. The number of benzene rings is 1. The molecule has 0 spiro atoms. The van der Waals surface area contributed by atoms with Crippen LogP contribution in [0.4, 0.5) is 11.6 Å².